The van der Waals surface area contributed by atoms with Gasteiger partial charge >= 0.3 is 0 Å². The van der Waals surface area contributed by atoms with Crippen molar-refractivity contribution < 1.29 is 8.42 Å². The maximum absolute atomic E-state index is 11.6. The zero-order valence-corrected chi connectivity index (χ0v) is 13.4. The number of rotatable bonds is 5. The fourth-order valence-electron chi connectivity index (χ4n) is 2.04. The molecule has 0 aliphatic rings. The van der Waals surface area contributed by atoms with Crippen LogP contribution in [0, 0.1) is 5.92 Å². The summed E-state index contributed by atoms with van der Waals surface area (Å²) in [5.41, 5.74) is 0.931. The Morgan fingerprint density at radius 2 is 2.05 bits per heavy atom. The van der Waals surface area contributed by atoms with Crippen molar-refractivity contribution in [3.05, 3.63) is 40.7 Å². The van der Waals surface area contributed by atoms with Crippen molar-refractivity contribution in [2.24, 2.45) is 11.1 Å². The molecule has 6 nitrogen and oxygen atoms in total. The van der Waals surface area contributed by atoms with Crippen LogP contribution >= 0.6 is 11.6 Å². The Labute approximate surface area is 129 Å². The standard InChI is InChI=1S/C13H17ClN4O2S/c1-9(2)8-18-12(16-17-13(18)21(15,19)20)7-10-4-3-5-11(14)6-10/h3-6,9H,7-8H2,1-2H3,(H2,15,19,20). The van der Waals surface area contributed by atoms with Gasteiger partial charge in [-0.2, -0.15) is 0 Å². The molecule has 114 valence electrons. The Bertz CT molecular complexity index is 740. The monoisotopic (exact) mass is 328 g/mol. The number of hydrogen-bond acceptors (Lipinski definition) is 4. The van der Waals surface area contributed by atoms with Gasteiger partial charge in [0, 0.05) is 18.0 Å². The number of benzene rings is 1. The summed E-state index contributed by atoms with van der Waals surface area (Å²) in [6, 6.07) is 7.32. The highest BCUT2D eigenvalue weighted by atomic mass is 35.5. The van der Waals surface area contributed by atoms with Crippen LogP contribution in [-0.4, -0.2) is 23.2 Å². The molecule has 0 saturated heterocycles. The zero-order chi connectivity index (χ0) is 15.6. The Balaban J connectivity index is 2.42. The second-order valence-electron chi connectivity index (χ2n) is 5.25. The summed E-state index contributed by atoms with van der Waals surface area (Å²) < 4.78 is 24.7. The zero-order valence-electron chi connectivity index (χ0n) is 11.8. The molecule has 8 heteroatoms. The molecule has 0 bridgehead atoms. The van der Waals surface area contributed by atoms with Gasteiger partial charge in [0.25, 0.3) is 15.2 Å². The Morgan fingerprint density at radius 1 is 1.33 bits per heavy atom. The third-order valence-electron chi connectivity index (χ3n) is 2.85. The molecule has 0 aliphatic carbocycles. The van der Waals surface area contributed by atoms with Crippen LogP contribution < -0.4 is 5.14 Å². The molecule has 2 rings (SSSR count). The van der Waals surface area contributed by atoms with Gasteiger partial charge in [0.1, 0.15) is 5.82 Å². The van der Waals surface area contributed by atoms with Gasteiger partial charge in [-0.3, -0.25) is 0 Å². The highest BCUT2D eigenvalue weighted by molar-refractivity contribution is 7.89. The highest BCUT2D eigenvalue weighted by Crippen LogP contribution is 2.17. The Hall–Kier alpha value is -1.44. The first-order valence-corrected chi connectivity index (χ1v) is 8.39. The van der Waals surface area contributed by atoms with Crippen LogP contribution in [0.2, 0.25) is 5.02 Å². The molecule has 2 aromatic rings. The highest BCUT2D eigenvalue weighted by Gasteiger charge is 2.21. The van der Waals surface area contributed by atoms with Crippen LogP contribution in [0.3, 0.4) is 0 Å². The van der Waals surface area contributed by atoms with E-state index in [4.69, 9.17) is 16.7 Å². The van der Waals surface area contributed by atoms with Crippen molar-refractivity contribution in [2.45, 2.75) is 32.0 Å². The molecule has 1 aromatic carbocycles. The average Bonchev–Trinajstić information content (AvgIpc) is 2.71. The van der Waals surface area contributed by atoms with Gasteiger partial charge in [-0.1, -0.05) is 37.6 Å². The van der Waals surface area contributed by atoms with Crippen molar-refractivity contribution in [1.29, 1.82) is 0 Å². The van der Waals surface area contributed by atoms with Crippen LogP contribution in [0.1, 0.15) is 25.2 Å². The van der Waals surface area contributed by atoms with Gasteiger partial charge in [0.05, 0.1) is 0 Å². The molecule has 0 radical (unpaired) electrons. The molecule has 0 amide bonds. The molecule has 0 aliphatic heterocycles. The maximum atomic E-state index is 11.6. The van der Waals surface area contributed by atoms with E-state index in [1.54, 1.807) is 10.6 Å². The first-order chi connectivity index (χ1) is 9.77. The van der Waals surface area contributed by atoms with Crippen molar-refractivity contribution >= 4 is 21.6 Å². The summed E-state index contributed by atoms with van der Waals surface area (Å²) in [5.74, 6) is 0.787. The largest absolute Gasteiger partial charge is 0.300 e. The van der Waals surface area contributed by atoms with E-state index >= 15 is 0 Å². The van der Waals surface area contributed by atoms with Crippen LogP contribution in [-0.2, 0) is 23.0 Å². The van der Waals surface area contributed by atoms with E-state index in [0.29, 0.717) is 23.8 Å². The van der Waals surface area contributed by atoms with Gasteiger partial charge in [-0.05, 0) is 23.6 Å². The average molecular weight is 329 g/mol. The SMILES string of the molecule is CC(C)Cn1c(Cc2cccc(Cl)c2)nnc1S(N)(=O)=O. The molecule has 1 aromatic heterocycles. The van der Waals surface area contributed by atoms with Crippen molar-refractivity contribution in [3.8, 4) is 0 Å². The van der Waals surface area contributed by atoms with Gasteiger partial charge in [-0.25, -0.2) is 13.6 Å². The Morgan fingerprint density at radius 3 is 2.62 bits per heavy atom. The Kier molecular flexibility index (Phi) is 4.65. The molecular weight excluding hydrogens is 312 g/mol. The number of hydrogen-bond donors (Lipinski definition) is 1. The maximum Gasteiger partial charge on any atom is 0.273 e. The lowest BCUT2D eigenvalue weighted by atomic mass is 10.1. The molecule has 0 spiro atoms. The van der Waals surface area contributed by atoms with Gasteiger partial charge in [0.15, 0.2) is 0 Å². The first kappa shape index (κ1) is 15.9. The molecule has 2 N–H and O–H groups in total. The summed E-state index contributed by atoms with van der Waals surface area (Å²) in [6.07, 6.45) is 0.440. The van der Waals surface area contributed by atoms with E-state index in [-0.39, 0.29) is 11.1 Å². The normalized spacial score (nSPS) is 12.0. The molecule has 0 atom stereocenters. The molecule has 21 heavy (non-hydrogen) atoms. The third-order valence-corrected chi connectivity index (χ3v) is 3.89. The molecule has 0 unspecified atom stereocenters. The predicted octanol–water partition coefficient (Wildman–Crippen LogP) is 1.83. The fourth-order valence-corrected chi connectivity index (χ4v) is 2.89. The summed E-state index contributed by atoms with van der Waals surface area (Å²) in [6.45, 7) is 4.45. The van der Waals surface area contributed by atoms with E-state index in [9.17, 15) is 8.42 Å². The van der Waals surface area contributed by atoms with Crippen molar-refractivity contribution in [2.75, 3.05) is 0 Å². The van der Waals surface area contributed by atoms with Crippen molar-refractivity contribution in [3.63, 3.8) is 0 Å². The predicted molar refractivity (Wildman–Crippen MR) is 80.5 cm³/mol. The second-order valence-corrected chi connectivity index (χ2v) is 7.15. The van der Waals surface area contributed by atoms with Crippen LogP contribution in [0.25, 0.3) is 0 Å². The topological polar surface area (TPSA) is 90.9 Å². The summed E-state index contributed by atoms with van der Waals surface area (Å²) in [7, 11) is -3.90. The molecular formula is C13H17ClN4O2S. The third kappa shape index (κ3) is 4.03. The summed E-state index contributed by atoms with van der Waals surface area (Å²) >= 11 is 5.95. The van der Waals surface area contributed by atoms with E-state index in [0.717, 1.165) is 5.56 Å². The number of sulfonamides is 1. The number of aromatic nitrogens is 3. The summed E-state index contributed by atoms with van der Waals surface area (Å²) in [4.78, 5) is 0. The van der Waals surface area contributed by atoms with Gasteiger partial charge in [-0.15, -0.1) is 10.2 Å². The number of primary sulfonamides is 1. The summed E-state index contributed by atoms with van der Waals surface area (Å²) in [5, 5.41) is 13.3. The lowest BCUT2D eigenvalue weighted by Gasteiger charge is -2.11. The van der Waals surface area contributed by atoms with Crippen LogP contribution in [0.5, 0.6) is 0 Å². The molecule has 0 saturated carbocycles. The van der Waals surface area contributed by atoms with Crippen molar-refractivity contribution in [1.82, 2.24) is 14.8 Å². The number of nitrogens with zero attached hydrogens (tertiary/aromatic N) is 3. The number of nitrogens with two attached hydrogens (primary N) is 1. The molecule has 1 heterocycles. The van der Waals surface area contributed by atoms with E-state index in [1.165, 1.54) is 0 Å². The van der Waals surface area contributed by atoms with E-state index in [1.807, 2.05) is 32.0 Å². The van der Waals surface area contributed by atoms with Crippen LogP contribution in [0.4, 0.5) is 0 Å². The lowest BCUT2D eigenvalue weighted by Crippen LogP contribution is -2.21. The van der Waals surface area contributed by atoms with E-state index in [2.05, 4.69) is 10.2 Å². The first-order valence-electron chi connectivity index (χ1n) is 6.46. The minimum atomic E-state index is -3.90. The van der Waals surface area contributed by atoms with Crippen LogP contribution in [0.15, 0.2) is 29.4 Å². The van der Waals surface area contributed by atoms with E-state index < -0.39 is 10.0 Å². The second kappa shape index (κ2) is 6.13. The lowest BCUT2D eigenvalue weighted by molar-refractivity contribution is 0.472. The number of halogens is 1. The fraction of sp³-hybridized carbons (Fsp3) is 0.385. The van der Waals surface area contributed by atoms with Gasteiger partial charge in [0.2, 0.25) is 0 Å². The quantitative estimate of drug-likeness (QED) is 0.906. The molecule has 0 fully saturated rings. The minimum absolute atomic E-state index is 0.201. The minimum Gasteiger partial charge on any atom is -0.300 e. The smallest absolute Gasteiger partial charge is 0.273 e. The van der Waals surface area contributed by atoms with Gasteiger partial charge < -0.3 is 4.57 Å².